The predicted molar refractivity (Wildman–Crippen MR) is 93.2 cm³/mol. The Morgan fingerprint density at radius 3 is 2.72 bits per heavy atom. The number of halogens is 1. The smallest absolute Gasteiger partial charge is 0.305 e. The van der Waals surface area contributed by atoms with Crippen molar-refractivity contribution in [3.8, 4) is 0 Å². The molecule has 1 fully saturated rings. The number of rotatable bonds is 4. The van der Waals surface area contributed by atoms with Gasteiger partial charge in [0.25, 0.3) is 15.9 Å². The van der Waals surface area contributed by atoms with E-state index in [1.54, 1.807) is 12.1 Å². The predicted octanol–water partition coefficient (Wildman–Crippen LogP) is 1.72. The second-order valence-electron chi connectivity index (χ2n) is 5.25. The molecule has 134 valence electrons. The highest BCUT2D eigenvalue weighted by atomic mass is 79.9. The first-order valence-electron chi connectivity index (χ1n) is 7.30. The molecule has 0 aromatic carbocycles. The fraction of sp³-hybridized carbons (Fsp3) is 0.286. The Bertz CT molecular complexity index is 878. The summed E-state index contributed by atoms with van der Waals surface area (Å²) in [5.41, 5.74) is 4.48. The molecule has 8 nitrogen and oxygen atoms in total. The van der Waals surface area contributed by atoms with Crippen molar-refractivity contribution in [2.24, 2.45) is 0 Å². The molecule has 0 aliphatic carbocycles. The van der Waals surface area contributed by atoms with Gasteiger partial charge < -0.3 is 4.42 Å². The van der Waals surface area contributed by atoms with Crippen LogP contribution in [0.25, 0.3) is 0 Å². The summed E-state index contributed by atoms with van der Waals surface area (Å²) in [5, 5.41) is 0. The maximum Gasteiger partial charge on any atom is 0.305 e. The van der Waals surface area contributed by atoms with Gasteiger partial charge in [-0.1, -0.05) is 0 Å². The van der Waals surface area contributed by atoms with Crippen LogP contribution >= 0.6 is 27.3 Å². The number of nitrogens with zero attached hydrogens (tertiary/aromatic N) is 1. The van der Waals surface area contributed by atoms with Gasteiger partial charge in [0, 0.05) is 6.54 Å². The molecular weight excluding hydrogens is 434 g/mol. The molecule has 2 N–H and O–H groups in total. The molecule has 0 saturated carbocycles. The van der Waals surface area contributed by atoms with E-state index in [4.69, 9.17) is 4.42 Å². The van der Waals surface area contributed by atoms with Crippen LogP contribution in [0.2, 0.25) is 0 Å². The molecule has 1 saturated heterocycles. The summed E-state index contributed by atoms with van der Waals surface area (Å²) < 4.78 is 32.4. The summed E-state index contributed by atoms with van der Waals surface area (Å²) in [6, 6.07) is 5.26. The van der Waals surface area contributed by atoms with Crippen LogP contribution in [-0.4, -0.2) is 37.1 Å². The third-order valence-electron chi connectivity index (χ3n) is 3.66. The minimum absolute atomic E-state index is 0.0413. The van der Waals surface area contributed by atoms with Gasteiger partial charge in [-0.05, 0) is 53.0 Å². The van der Waals surface area contributed by atoms with Crippen LogP contribution < -0.4 is 10.9 Å². The molecule has 2 aromatic heterocycles. The van der Waals surface area contributed by atoms with Gasteiger partial charge >= 0.3 is 5.91 Å². The first-order chi connectivity index (χ1) is 11.9. The minimum Gasteiger partial charge on any atom is -0.459 e. The number of carbonyl (C=O) groups excluding carboxylic acids is 2. The fourth-order valence-electron chi connectivity index (χ4n) is 2.51. The van der Waals surface area contributed by atoms with E-state index in [0.29, 0.717) is 16.6 Å². The summed E-state index contributed by atoms with van der Waals surface area (Å²) in [5.74, 6) is -1.16. The Hall–Kier alpha value is -1.69. The van der Waals surface area contributed by atoms with Crippen LogP contribution in [0.5, 0.6) is 0 Å². The van der Waals surface area contributed by atoms with Crippen molar-refractivity contribution in [2.75, 3.05) is 6.54 Å². The van der Waals surface area contributed by atoms with Crippen LogP contribution in [0.3, 0.4) is 0 Å². The third-order valence-corrected chi connectivity index (χ3v) is 7.66. The topological polar surface area (TPSA) is 109 Å². The van der Waals surface area contributed by atoms with Gasteiger partial charge in [0.2, 0.25) is 0 Å². The van der Waals surface area contributed by atoms with E-state index in [1.165, 1.54) is 22.7 Å². The summed E-state index contributed by atoms with van der Waals surface area (Å²) in [7, 11) is -3.76. The number of hydrazine groups is 1. The number of nitrogens with one attached hydrogen (secondary N) is 2. The zero-order valence-corrected chi connectivity index (χ0v) is 16.0. The van der Waals surface area contributed by atoms with Crippen molar-refractivity contribution in [1.29, 1.82) is 0 Å². The number of sulfonamides is 1. The lowest BCUT2D eigenvalue weighted by Gasteiger charge is -2.22. The second-order valence-corrected chi connectivity index (χ2v) is 9.83. The van der Waals surface area contributed by atoms with Crippen molar-refractivity contribution in [3.63, 3.8) is 0 Å². The number of furan rings is 1. The molecule has 3 heterocycles. The van der Waals surface area contributed by atoms with Crippen LogP contribution in [0, 0.1) is 0 Å². The largest absolute Gasteiger partial charge is 0.459 e. The van der Waals surface area contributed by atoms with E-state index in [0.717, 1.165) is 11.3 Å². The van der Waals surface area contributed by atoms with E-state index in [9.17, 15) is 18.0 Å². The molecule has 2 amide bonds. The fourth-order valence-corrected chi connectivity index (χ4v) is 6.31. The highest BCUT2D eigenvalue weighted by Gasteiger charge is 2.40. The zero-order valence-electron chi connectivity index (χ0n) is 12.8. The van der Waals surface area contributed by atoms with Crippen molar-refractivity contribution >= 4 is 49.1 Å². The third kappa shape index (κ3) is 3.78. The maximum atomic E-state index is 12.7. The Kier molecular flexibility index (Phi) is 5.27. The van der Waals surface area contributed by atoms with Crippen LogP contribution in [-0.2, 0) is 14.8 Å². The molecule has 0 spiro atoms. The molecule has 1 atom stereocenters. The van der Waals surface area contributed by atoms with E-state index in [2.05, 4.69) is 26.8 Å². The molecule has 3 rings (SSSR count). The number of thiophene rings is 1. The van der Waals surface area contributed by atoms with E-state index in [-0.39, 0.29) is 16.5 Å². The Balaban J connectivity index is 1.68. The van der Waals surface area contributed by atoms with Gasteiger partial charge in [-0.15, -0.1) is 11.3 Å². The molecule has 1 aliphatic heterocycles. The van der Waals surface area contributed by atoms with E-state index >= 15 is 0 Å². The quantitative estimate of drug-likeness (QED) is 0.693. The van der Waals surface area contributed by atoms with Gasteiger partial charge in [-0.3, -0.25) is 20.4 Å². The van der Waals surface area contributed by atoms with Gasteiger partial charge in [0.05, 0.1) is 10.0 Å². The van der Waals surface area contributed by atoms with Gasteiger partial charge in [-0.25, -0.2) is 8.42 Å². The van der Waals surface area contributed by atoms with Crippen molar-refractivity contribution < 1.29 is 22.4 Å². The average molecular weight is 448 g/mol. The van der Waals surface area contributed by atoms with Crippen molar-refractivity contribution in [2.45, 2.75) is 23.1 Å². The average Bonchev–Trinajstić information content (AvgIpc) is 3.31. The minimum atomic E-state index is -3.76. The lowest BCUT2D eigenvalue weighted by atomic mass is 10.2. The molecule has 2 aromatic rings. The molecular formula is C14H14BrN3O5S2. The Labute approximate surface area is 156 Å². The van der Waals surface area contributed by atoms with E-state index in [1.807, 2.05) is 0 Å². The number of hydrogen-bond acceptors (Lipinski definition) is 6. The van der Waals surface area contributed by atoms with E-state index < -0.39 is 27.9 Å². The SMILES string of the molecule is O=C(NNC(=O)[C@@H]1CCCN1S(=O)(=O)c1ccc(Br)s1)c1ccco1. The number of carbonyl (C=O) groups is 2. The molecule has 25 heavy (non-hydrogen) atoms. The van der Waals surface area contributed by atoms with Crippen LogP contribution in [0.1, 0.15) is 23.4 Å². The molecule has 0 unspecified atom stereocenters. The Morgan fingerprint density at radius 2 is 2.08 bits per heavy atom. The molecule has 11 heteroatoms. The number of amides is 2. The second kappa shape index (κ2) is 7.28. The summed E-state index contributed by atoms with van der Waals surface area (Å²) in [6.07, 6.45) is 2.28. The van der Waals surface area contributed by atoms with Crippen molar-refractivity contribution in [3.05, 3.63) is 40.1 Å². The van der Waals surface area contributed by atoms with Gasteiger partial charge in [0.15, 0.2) is 5.76 Å². The van der Waals surface area contributed by atoms with Crippen molar-refractivity contribution in [1.82, 2.24) is 15.2 Å². The molecule has 0 radical (unpaired) electrons. The number of hydrogen-bond donors (Lipinski definition) is 2. The normalized spacial score (nSPS) is 18.2. The molecule has 1 aliphatic rings. The maximum absolute atomic E-state index is 12.7. The first-order valence-corrected chi connectivity index (χ1v) is 10.4. The lowest BCUT2D eigenvalue weighted by Crippen LogP contribution is -2.51. The lowest BCUT2D eigenvalue weighted by molar-refractivity contribution is -0.125. The van der Waals surface area contributed by atoms with Crippen LogP contribution in [0.15, 0.2) is 42.9 Å². The van der Waals surface area contributed by atoms with Crippen LogP contribution in [0.4, 0.5) is 0 Å². The first kappa shape index (κ1) is 18.1. The summed E-state index contributed by atoms with van der Waals surface area (Å²) >= 11 is 4.32. The highest BCUT2D eigenvalue weighted by molar-refractivity contribution is 9.11. The highest BCUT2D eigenvalue weighted by Crippen LogP contribution is 2.32. The summed E-state index contributed by atoms with van der Waals surface area (Å²) in [6.45, 7) is 0.252. The molecule has 0 bridgehead atoms. The Morgan fingerprint density at radius 1 is 1.28 bits per heavy atom. The zero-order chi connectivity index (χ0) is 18.0. The van der Waals surface area contributed by atoms with Gasteiger partial charge in [-0.2, -0.15) is 4.31 Å². The van der Waals surface area contributed by atoms with Gasteiger partial charge in [0.1, 0.15) is 10.3 Å². The standard InChI is InChI=1S/C14H14BrN3O5S2/c15-11-5-6-12(24-11)25(21,22)18-7-1-3-9(18)13(19)16-17-14(20)10-4-2-8-23-10/h2,4-6,8-9H,1,3,7H2,(H,16,19)(H,17,20)/t9-/m0/s1. The monoisotopic (exact) mass is 447 g/mol. The summed E-state index contributed by atoms with van der Waals surface area (Å²) in [4.78, 5) is 24.1.